The van der Waals surface area contributed by atoms with Crippen molar-refractivity contribution in [2.24, 2.45) is 0 Å². The Labute approximate surface area is 172 Å². The summed E-state index contributed by atoms with van der Waals surface area (Å²) < 4.78 is 13.0. The molecule has 1 aromatic carbocycles. The normalized spacial score (nSPS) is 16.7. The number of carbonyl (C=O) groups is 2. The Morgan fingerprint density at radius 2 is 1.79 bits per heavy atom. The topological polar surface area (TPSA) is 78.4 Å². The van der Waals surface area contributed by atoms with Crippen LogP contribution in [0.15, 0.2) is 24.3 Å². The molecule has 1 aromatic heterocycles. The molecule has 154 valence electrons. The summed E-state index contributed by atoms with van der Waals surface area (Å²) in [6.45, 7) is 2.71. The fourth-order valence-corrected chi connectivity index (χ4v) is 4.31. The molecule has 2 aromatic rings. The van der Waals surface area contributed by atoms with Crippen LogP contribution in [0.2, 0.25) is 0 Å². The van der Waals surface area contributed by atoms with Gasteiger partial charge in [-0.2, -0.15) is 0 Å². The molecule has 29 heavy (non-hydrogen) atoms. The Bertz CT molecular complexity index is 860. The number of aromatic nitrogens is 2. The molecule has 0 spiro atoms. The molecule has 1 saturated carbocycles. The van der Waals surface area contributed by atoms with Crippen LogP contribution in [0.5, 0.6) is 0 Å². The number of carbonyl (C=O) groups excluding carboxylic acids is 2. The molecule has 2 heterocycles. The number of piperazine rings is 1. The highest BCUT2D eigenvalue weighted by molar-refractivity contribution is 7.15. The Morgan fingerprint density at radius 3 is 2.48 bits per heavy atom. The van der Waals surface area contributed by atoms with Gasteiger partial charge in [-0.1, -0.05) is 11.3 Å². The van der Waals surface area contributed by atoms with Crippen molar-refractivity contribution < 1.29 is 14.0 Å². The maximum atomic E-state index is 13.0. The van der Waals surface area contributed by atoms with E-state index in [1.54, 1.807) is 12.1 Å². The molecule has 0 unspecified atom stereocenters. The van der Waals surface area contributed by atoms with Crippen LogP contribution in [0.1, 0.15) is 43.0 Å². The van der Waals surface area contributed by atoms with Crippen molar-refractivity contribution in [2.45, 2.75) is 38.0 Å². The number of halogens is 1. The van der Waals surface area contributed by atoms with Gasteiger partial charge in [0.2, 0.25) is 16.9 Å². The maximum Gasteiger partial charge on any atom is 0.226 e. The minimum absolute atomic E-state index is 0.0727. The van der Waals surface area contributed by atoms with Gasteiger partial charge in [-0.15, -0.1) is 10.2 Å². The SMILES string of the molecule is O=C(CCCC(=O)N1CCN(c2ccc(F)cc2)CC1)Nc1nnc(C2CC2)s1. The van der Waals surface area contributed by atoms with Crippen LogP contribution in [0.4, 0.5) is 15.2 Å². The van der Waals surface area contributed by atoms with E-state index < -0.39 is 0 Å². The van der Waals surface area contributed by atoms with Gasteiger partial charge in [0.25, 0.3) is 0 Å². The van der Waals surface area contributed by atoms with Crippen molar-refractivity contribution in [3.63, 3.8) is 0 Å². The molecule has 7 nitrogen and oxygen atoms in total. The van der Waals surface area contributed by atoms with E-state index in [0.29, 0.717) is 43.4 Å². The second-order valence-electron chi connectivity index (χ2n) is 7.47. The van der Waals surface area contributed by atoms with E-state index in [4.69, 9.17) is 0 Å². The summed E-state index contributed by atoms with van der Waals surface area (Å²) in [4.78, 5) is 28.5. The van der Waals surface area contributed by atoms with Crippen molar-refractivity contribution in [2.75, 3.05) is 36.4 Å². The third-order valence-corrected chi connectivity index (χ3v) is 6.23. The summed E-state index contributed by atoms with van der Waals surface area (Å²) >= 11 is 1.44. The van der Waals surface area contributed by atoms with Gasteiger partial charge in [-0.25, -0.2) is 4.39 Å². The zero-order chi connectivity index (χ0) is 20.2. The second kappa shape index (κ2) is 8.86. The third kappa shape index (κ3) is 5.29. The molecule has 2 aliphatic rings. The van der Waals surface area contributed by atoms with Crippen LogP contribution in [-0.2, 0) is 9.59 Å². The highest BCUT2D eigenvalue weighted by Crippen LogP contribution is 2.42. The van der Waals surface area contributed by atoms with Crippen LogP contribution < -0.4 is 10.2 Å². The smallest absolute Gasteiger partial charge is 0.226 e. The first-order valence-electron chi connectivity index (χ1n) is 10.00. The van der Waals surface area contributed by atoms with Crippen LogP contribution in [0, 0.1) is 5.82 Å². The van der Waals surface area contributed by atoms with Crippen molar-refractivity contribution in [1.82, 2.24) is 15.1 Å². The Kier molecular flexibility index (Phi) is 6.03. The van der Waals surface area contributed by atoms with Crippen molar-refractivity contribution in [1.29, 1.82) is 0 Å². The summed E-state index contributed by atoms with van der Waals surface area (Å²) in [5.74, 6) is 0.223. The zero-order valence-corrected chi connectivity index (χ0v) is 17.0. The van der Waals surface area contributed by atoms with Crippen molar-refractivity contribution >= 4 is 34.0 Å². The Balaban J connectivity index is 1.15. The largest absolute Gasteiger partial charge is 0.368 e. The van der Waals surface area contributed by atoms with E-state index in [1.807, 2.05) is 4.90 Å². The monoisotopic (exact) mass is 417 g/mol. The first-order chi connectivity index (χ1) is 14.1. The molecule has 0 radical (unpaired) electrons. The fraction of sp³-hybridized carbons (Fsp3) is 0.500. The highest BCUT2D eigenvalue weighted by atomic mass is 32.1. The predicted molar refractivity (Wildman–Crippen MR) is 110 cm³/mol. The maximum absolute atomic E-state index is 13.0. The first kappa shape index (κ1) is 19.8. The van der Waals surface area contributed by atoms with Crippen LogP contribution >= 0.6 is 11.3 Å². The summed E-state index contributed by atoms with van der Waals surface area (Å²) in [7, 11) is 0. The van der Waals surface area contributed by atoms with Gasteiger partial charge in [-0.3, -0.25) is 9.59 Å². The molecule has 1 N–H and O–H groups in total. The second-order valence-corrected chi connectivity index (χ2v) is 8.47. The fourth-order valence-electron chi connectivity index (χ4n) is 3.39. The number of benzene rings is 1. The quantitative estimate of drug-likeness (QED) is 0.749. The highest BCUT2D eigenvalue weighted by Gasteiger charge is 2.27. The molecule has 0 atom stereocenters. The van der Waals surface area contributed by atoms with E-state index in [1.165, 1.54) is 23.5 Å². The van der Waals surface area contributed by atoms with E-state index in [0.717, 1.165) is 36.6 Å². The van der Waals surface area contributed by atoms with Gasteiger partial charge in [-0.05, 0) is 43.5 Å². The number of anilines is 2. The predicted octanol–water partition coefficient (Wildman–Crippen LogP) is 3.01. The molecule has 1 aliphatic heterocycles. The molecule has 4 rings (SSSR count). The lowest BCUT2D eigenvalue weighted by molar-refractivity contribution is -0.131. The molecule has 9 heteroatoms. The zero-order valence-electron chi connectivity index (χ0n) is 16.1. The van der Waals surface area contributed by atoms with Gasteiger partial charge in [0.05, 0.1) is 0 Å². The summed E-state index contributed by atoms with van der Waals surface area (Å²) in [5.41, 5.74) is 0.969. The number of nitrogens with one attached hydrogen (secondary N) is 1. The molecule has 2 amide bonds. The lowest BCUT2D eigenvalue weighted by Gasteiger charge is -2.36. The standard InChI is InChI=1S/C20H24FN5O2S/c21-15-6-8-16(9-7-15)25-10-12-26(13-11-25)18(28)3-1-2-17(27)22-20-24-23-19(29-20)14-4-5-14/h6-9,14H,1-5,10-13H2,(H,22,24,27). The molecule has 1 aliphatic carbocycles. The van der Waals surface area contributed by atoms with E-state index in [-0.39, 0.29) is 17.6 Å². The summed E-state index contributed by atoms with van der Waals surface area (Å²) in [6.07, 6.45) is 3.47. The number of amides is 2. The van der Waals surface area contributed by atoms with E-state index in [2.05, 4.69) is 20.4 Å². The lowest BCUT2D eigenvalue weighted by Crippen LogP contribution is -2.48. The minimum Gasteiger partial charge on any atom is -0.368 e. The van der Waals surface area contributed by atoms with Crippen LogP contribution in [-0.4, -0.2) is 53.1 Å². The molecule has 2 fully saturated rings. The molecular formula is C20H24FN5O2S. The van der Waals surface area contributed by atoms with Gasteiger partial charge in [0, 0.05) is 50.6 Å². The van der Waals surface area contributed by atoms with Crippen LogP contribution in [0.25, 0.3) is 0 Å². The van der Waals surface area contributed by atoms with Gasteiger partial charge < -0.3 is 15.1 Å². The number of hydrogen-bond acceptors (Lipinski definition) is 6. The third-order valence-electron chi connectivity index (χ3n) is 5.23. The Morgan fingerprint density at radius 1 is 1.07 bits per heavy atom. The summed E-state index contributed by atoms with van der Waals surface area (Å²) in [6, 6.07) is 6.42. The first-order valence-corrected chi connectivity index (χ1v) is 10.8. The van der Waals surface area contributed by atoms with Crippen molar-refractivity contribution in [3.8, 4) is 0 Å². The number of nitrogens with zero attached hydrogens (tertiary/aromatic N) is 4. The molecule has 1 saturated heterocycles. The average Bonchev–Trinajstić information content (AvgIpc) is 3.48. The van der Waals surface area contributed by atoms with Gasteiger partial charge in [0.15, 0.2) is 0 Å². The number of rotatable bonds is 7. The van der Waals surface area contributed by atoms with Crippen LogP contribution in [0.3, 0.4) is 0 Å². The van der Waals surface area contributed by atoms with Gasteiger partial charge >= 0.3 is 0 Å². The lowest BCUT2D eigenvalue weighted by atomic mass is 10.2. The van der Waals surface area contributed by atoms with E-state index in [9.17, 15) is 14.0 Å². The number of hydrogen-bond donors (Lipinski definition) is 1. The average molecular weight is 418 g/mol. The minimum atomic E-state index is -0.249. The molecular weight excluding hydrogens is 393 g/mol. The van der Waals surface area contributed by atoms with Gasteiger partial charge in [0.1, 0.15) is 10.8 Å². The van der Waals surface area contributed by atoms with Crippen molar-refractivity contribution in [3.05, 3.63) is 35.1 Å². The van der Waals surface area contributed by atoms with E-state index >= 15 is 0 Å². The molecule has 0 bridgehead atoms. The Hall–Kier alpha value is -2.55. The summed E-state index contributed by atoms with van der Waals surface area (Å²) in [5, 5.41) is 12.4.